The third-order valence-corrected chi connectivity index (χ3v) is 4.01. The molecule has 1 aliphatic rings. The average molecular weight is 316 g/mol. The van der Waals surface area contributed by atoms with Crippen molar-refractivity contribution in [3.05, 3.63) is 24.5 Å². The molecule has 6 nitrogen and oxygen atoms in total. The molecule has 3 rings (SSSR count). The first kappa shape index (κ1) is 15.6. The van der Waals surface area contributed by atoms with Crippen molar-refractivity contribution in [3.63, 3.8) is 0 Å². The Kier molecular flexibility index (Phi) is 3.92. The summed E-state index contributed by atoms with van der Waals surface area (Å²) >= 11 is 0. The van der Waals surface area contributed by atoms with E-state index in [1.54, 1.807) is 6.20 Å². The molecular formula is C17H24N4O2. The van der Waals surface area contributed by atoms with Gasteiger partial charge >= 0.3 is 6.09 Å². The number of hydrogen-bond acceptors (Lipinski definition) is 4. The van der Waals surface area contributed by atoms with Crippen molar-refractivity contribution in [2.75, 3.05) is 24.5 Å². The molecule has 0 bridgehead atoms. The number of aromatic amines is 1. The summed E-state index contributed by atoms with van der Waals surface area (Å²) < 4.78 is 5.49. The maximum absolute atomic E-state index is 12.3. The van der Waals surface area contributed by atoms with Crippen molar-refractivity contribution in [3.8, 4) is 0 Å². The number of carbonyl (C=O) groups is 1. The van der Waals surface area contributed by atoms with E-state index in [2.05, 4.69) is 21.8 Å². The van der Waals surface area contributed by atoms with Crippen LogP contribution in [0.1, 0.15) is 27.7 Å². The van der Waals surface area contributed by atoms with Gasteiger partial charge in [0.2, 0.25) is 0 Å². The van der Waals surface area contributed by atoms with Gasteiger partial charge in [0.15, 0.2) is 0 Å². The number of anilines is 1. The molecular weight excluding hydrogens is 292 g/mol. The van der Waals surface area contributed by atoms with Gasteiger partial charge in [0.25, 0.3) is 0 Å². The van der Waals surface area contributed by atoms with Gasteiger partial charge in [0, 0.05) is 38.1 Å². The Hall–Kier alpha value is -2.24. The molecule has 1 N–H and O–H groups in total. The van der Waals surface area contributed by atoms with Crippen LogP contribution in [0.3, 0.4) is 0 Å². The minimum Gasteiger partial charge on any atom is -0.444 e. The number of H-pyrrole nitrogens is 1. The lowest BCUT2D eigenvalue weighted by Crippen LogP contribution is -2.55. The standard InChI is InChI=1S/C17H24N4O2/c1-12-11-20(8-9-21(12)16(22)23-17(2,3)4)14-10-19-13-6-5-7-18-15(13)14/h5-7,10,12,19H,8-9,11H2,1-4H3/t12-/m0/s1. The highest BCUT2D eigenvalue weighted by Crippen LogP contribution is 2.27. The molecule has 6 heteroatoms. The van der Waals surface area contributed by atoms with Crippen LogP contribution in [-0.2, 0) is 4.74 Å². The molecule has 3 heterocycles. The van der Waals surface area contributed by atoms with Gasteiger partial charge in [0.05, 0.1) is 11.2 Å². The lowest BCUT2D eigenvalue weighted by atomic mass is 10.1. The summed E-state index contributed by atoms with van der Waals surface area (Å²) in [7, 11) is 0. The molecule has 1 fully saturated rings. The highest BCUT2D eigenvalue weighted by Gasteiger charge is 2.31. The monoisotopic (exact) mass is 316 g/mol. The van der Waals surface area contributed by atoms with Gasteiger partial charge in [0.1, 0.15) is 11.1 Å². The van der Waals surface area contributed by atoms with Crippen LogP contribution in [0, 0.1) is 0 Å². The Morgan fingerprint density at radius 3 is 2.87 bits per heavy atom. The second-order valence-electron chi connectivity index (χ2n) is 7.04. The molecule has 0 unspecified atom stereocenters. The fraction of sp³-hybridized carbons (Fsp3) is 0.529. The number of nitrogens with zero attached hydrogens (tertiary/aromatic N) is 3. The summed E-state index contributed by atoms with van der Waals surface area (Å²) in [4.78, 5) is 24.1. The normalized spacial score (nSPS) is 19.2. The van der Waals surface area contributed by atoms with Gasteiger partial charge in [-0.1, -0.05) is 0 Å². The van der Waals surface area contributed by atoms with Crippen LogP contribution < -0.4 is 4.90 Å². The summed E-state index contributed by atoms with van der Waals surface area (Å²) in [6, 6.07) is 4.03. The van der Waals surface area contributed by atoms with E-state index < -0.39 is 5.60 Å². The first-order valence-electron chi connectivity index (χ1n) is 8.02. The fourth-order valence-corrected chi connectivity index (χ4v) is 2.95. The maximum Gasteiger partial charge on any atom is 0.410 e. The number of hydrogen-bond donors (Lipinski definition) is 1. The molecule has 2 aromatic heterocycles. The predicted molar refractivity (Wildman–Crippen MR) is 90.7 cm³/mol. The highest BCUT2D eigenvalue weighted by atomic mass is 16.6. The largest absolute Gasteiger partial charge is 0.444 e. The average Bonchev–Trinajstić information content (AvgIpc) is 2.89. The summed E-state index contributed by atoms with van der Waals surface area (Å²) in [5.41, 5.74) is 2.64. The Balaban J connectivity index is 1.72. The van der Waals surface area contributed by atoms with E-state index in [1.807, 2.05) is 44.0 Å². The minimum absolute atomic E-state index is 0.0901. The number of aromatic nitrogens is 2. The topological polar surface area (TPSA) is 61.5 Å². The molecule has 0 aromatic carbocycles. The van der Waals surface area contributed by atoms with E-state index in [-0.39, 0.29) is 12.1 Å². The smallest absolute Gasteiger partial charge is 0.410 e. The van der Waals surface area contributed by atoms with Crippen LogP contribution >= 0.6 is 0 Å². The number of fused-ring (bicyclic) bond motifs is 1. The quantitative estimate of drug-likeness (QED) is 0.878. The Morgan fingerprint density at radius 2 is 2.17 bits per heavy atom. The van der Waals surface area contributed by atoms with E-state index >= 15 is 0 Å². The van der Waals surface area contributed by atoms with Crippen LogP contribution in [0.15, 0.2) is 24.5 Å². The van der Waals surface area contributed by atoms with Crippen LogP contribution in [0.2, 0.25) is 0 Å². The number of carbonyl (C=O) groups excluding carboxylic acids is 1. The van der Waals surface area contributed by atoms with Gasteiger partial charge in [-0.25, -0.2) is 4.79 Å². The molecule has 1 saturated heterocycles. The molecule has 0 saturated carbocycles. The molecule has 0 radical (unpaired) electrons. The molecule has 0 spiro atoms. The molecule has 2 aromatic rings. The van der Waals surface area contributed by atoms with Crippen LogP contribution in [0.5, 0.6) is 0 Å². The summed E-state index contributed by atoms with van der Waals surface area (Å²) in [5.74, 6) is 0. The van der Waals surface area contributed by atoms with Crippen molar-refractivity contribution >= 4 is 22.8 Å². The van der Waals surface area contributed by atoms with Gasteiger partial charge in [-0.2, -0.15) is 0 Å². The lowest BCUT2D eigenvalue weighted by Gasteiger charge is -2.40. The summed E-state index contributed by atoms with van der Waals surface area (Å²) in [6.45, 7) is 9.92. The number of ether oxygens (including phenoxy) is 1. The minimum atomic E-state index is -0.464. The van der Waals surface area contributed by atoms with Gasteiger partial charge in [-0.05, 0) is 39.8 Å². The van der Waals surface area contributed by atoms with Crippen molar-refractivity contribution in [1.82, 2.24) is 14.9 Å². The van der Waals surface area contributed by atoms with Crippen molar-refractivity contribution in [1.29, 1.82) is 0 Å². The van der Waals surface area contributed by atoms with E-state index in [9.17, 15) is 4.79 Å². The zero-order chi connectivity index (χ0) is 16.6. The van der Waals surface area contributed by atoms with Crippen molar-refractivity contribution < 1.29 is 9.53 Å². The first-order chi connectivity index (χ1) is 10.8. The van der Waals surface area contributed by atoms with Gasteiger partial charge in [-0.3, -0.25) is 4.98 Å². The number of rotatable bonds is 1. The molecule has 124 valence electrons. The third kappa shape index (κ3) is 3.25. The van der Waals surface area contributed by atoms with Crippen LogP contribution in [0.25, 0.3) is 11.0 Å². The summed E-state index contributed by atoms with van der Waals surface area (Å²) in [5, 5.41) is 0. The zero-order valence-electron chi connectivity index (χ0n) is 14.2. The van der Waals surface area contributed by atoms with Gasteiger partial charge in [-0.15, -0.1) is 0 Å². The second-order valence-corrected chi connectivity index (χ2v) is 7.04. The first-order valence-corrected chi connectivity index (χ1v) is 8.02. The number of nitrogens with one attached hydrogen (secondary N) is 1. The van der Waals surface area contributed by atoms with Crippen molar-refractivity contribution in [2.24, 2.45) is 0 Å². The predicted octanol–water partition coefficient (Wildman–Crippen LogP) is 3.01. The van der Waals surface area contributed by atoms with E-state index in [1.165, 1.54) is 0 Å². The highest BCUT2D eigenvalue weighted by molar-refractivity contribution is 5.89. The number of amides is 1. The van der Waals surface area contributed by atoms with Crippen LogP contribution in [0.4, 0.5) is 10.5 Å². The zero-order valence-corrected chi connectivity index (χ0v) is 14.2. The molecule has 1 amide bonds. The fourth-order valence-electron chi connectivity index (χ4n) is 2.95. The van der Waals surface area contributed by atoms with E-state index in [0.29, 0.717) is 6.54 Å². The Labute approximate surface area is 136 Å². The van der Waals surface area contributed by atoms with Gasteiger partial charge < -0.3 is 19.5 Å². The SMILES string of the molecule is C[C@H]1CN(c2c[nH]c3cccnc23)CCN1C(=O)OC(C)(C)C. The van der Waals surface area contributed by atoms with E-state index in [0.717, 1.165) is 29.8 Å². The maximum atomic E-state index is 12.3. The number of piperazine rings is 1. The van der Waals surface area contributed by atoms with Crippen molar-refractivity contribution in [2.45, 2.75) is 39.3 Å². The van der Waals surface area contributed by atoms with Crippen LogP contribution in [-0.4, -0.2) is 52.2 Å². The van der Waals surface area contributed by atoms with E-state index in [4.69, 9.17) is 4.74 Å². The molecule has 1 aliphatic heterocycles. The lowest BCUT2D eigenvalue weighted by molar-refractivity contribution is 0.0159. The molecule has 23 heavy (non-hydrogen) atoms. The summed E-state index contributed by atoms with van der Waals surface area (Å²) in [6.07, 6.45) is 3.56. The Bertz CT molecular complexity index is 704. The molecule has 1 atom stereocenters. The third-order valence-electron chi connectivity index (χ3n) is 4.01. The number of pyridine rings is 1. The Morgan fingerprint density at radius 1 is 1.39 bits per heavy atom. The molecule has 0 aliphatic carbocycles. The second kappa shape index (κ2) is 5.76.